The molecule has 94 valence electrons. The predicted octanol–water partition coefficient (Wildman–Crippen LogP) is 2.85. The van der Waals surface area contributed by atoms with E-state index >= 15 is 0 Å². The molecule has 1 heterocycles. The quantitative estimate of drug-likeness (QED) is 0.895. The zero-order valence-electron chi connectivity index (χ0n) is 11.0. The van der Waals surface area contributed by atoms with Crippen molar-refractivity contribution in [2.75, 3.05) is 6.54 Å². The molecule has 0 amide bonds. The zero-order valence-corrected chi connectivity index (χ0v) is 11.9. The average Bonchev–Trinajstić information content (AvgIpc) is 2.52. The minimum Gasteiger partial charge on any atom is -0.309 e. The maximum Gasteiger partial charge on any atom is 0.0587 e. The summed E-state index contributed by atoms with van der Waals surface area (Å²) in [6.07, 6.45) is 0.956. The van der Waals surface area contributed by atoms with Gasteiger partial charge in [0.2, 0.25) is 0 Å². The van der Waals surface area contributed by atoms with E-state index in [4.69, 9.17) is 0 Å². The summed E-state index contributed by atoms with van der Waals surface area (Å²) in [5, 5.41) is 3.72. The van der Waals surface area contributed by atoms with Gasteiger partial charge < -0.3 is 5.32 Å². The highest BCUT2D eigenvalue weighted by Gasteiger charge is 2.38. The molecule has 17 heavy (non-hydrogen) atoms. The fraction of sp³-hybridized carbons (Fsp3) is 0.571. The molecule has 3 unspecified atom stereocenters. The van der Waals surface area contributed by atoms with Crippen molar-refractivity contribution in [3.63, 3.8) is 0 Å². The second-order valence-electron chi connectivity index (χ2n) is 4.78. The third kappa shape index (κ3) is 2.06. The van der Waals surface area contributed by atoms with Crippen molar-refractivity contribution in [1.82, 2.24) is 5.32 Å². The highest BCUT2D eigenvalue weighted by molar-refractivity contribution is 7.86. The van der Waals surface area contributed by atoms with Gasteiger partial charge in [-0.2, -0.15) is 0 Å². The number of hydrogen-bond acceptors (Lipinski definition) is 2. The molecule has 2 nitrogen and oxygen atoms in total. The van der Waals surface area contributed by atoms with Crippen molar-refractivity contribution >= 4 is 10.8 Å². The molecule has 1 N–H and O–H groups in total. The monoisotopic (exact) mass is 251 g/mol. The molecule has 1 aromatic rings. The first-order chi connectivity index (χ1) is 8.10. The topological polar surface area (TPSA) is 29.1 Å². The van der Waals surface area contributed by atoms with Crippen LogP contribution in [0, 0.1) is 13.8 Å². The number of hydrogen-bond donors (Lipinski definition) is 1. The fourth-order valence-electron chi connectivity index (χ4n) is 2.82. The number of rotatable bonds is 3. The van der Waals surface area contributed by atoms with E-state index in [0.717, 1.165) is 17.9 Å². The largest absolute Gasteiger partial charge is 0.309 e. The Hall–Kier alpha value is -0.670. The van der Waals surface area contributed by atoms with Crippen molar-refractivity contribution in [2.24, 2.45) is 0 Å². The summed E-state index contributed by atoms with van der Waals surface area (Å²) in [6, 6.07) is 4.60. The molecule has 1 aliphatic rings. The Morgan fingerprint density at radius 1 is 1.29 bits per heavy atom. The van der Waals surface area contributed by atoms with E-state index in [1.54, 1.807) is 0 Å². The van der Waals surface area contributed by atoms with E-state index < -0.39 is 10.8 Å². The minimum atomic E-state index is -0.849. The number of nitrogens with one attached hydrogen (secondary N) is 1. The molecule has 0 aromatic heterocycles. The van der Waals surface area contributed by atoms with Crippen LogP contribution in [-0.4, -0.2) is 16.0 Å². The lowest BCUT2D eigenvalue weighted by Gasteiger charge is -2.18. The Morgan fingerprint density at radius 2 is 2.00 bits per heavy atom. The lowest BCUT2D eigenvalue weighted by atomic mass is 9.98. The maximum atomic E-state index is 12.5. The van der Waals surface area contributed by atoms with Crippen molar-refractivity contribution in [3.05, 3.63) is 28.8 Å². The first-order valence-electron chi connectivity index (χ1n) is 6.35. The molecule has 0 saturated carbocycles. The summed E-state index contributed by atoms with van der Waals surface area (Å²) in [7, 11) is -0.849. The van der Waals surface area contributed by atoms with Crippen LogP contribution in [0.3, 0.4) is 0 Å². The predicted molar refractivity (Wildman–Crippen MR) is 72.8 cm³/mol. The lowest BCUT2D eigenvalue weighted by Crippen LogP contribution is -2.29. The van der Waals surface area contributed by atoms with Crippen molar-refractivity contribution in [3.8, 4) is 0 Å². The van der Waals surface area contributed by atoms with Crippen molar-refractivity contribution in [2.45, 2.75) is 50.3 Å². The molecule has 0 aliphatic carbocycles. The van der Waals surface area contributed by atoms with Gasteiger partial charge >= 0.3 is 0 Å². The number of benzene rings is 1. The lowest BCUT2D eigenvalue weighted by molar-refractivity contribution is 0.520. The molecular weight excluding hydrogens is 230 g/mol. The fourth-order valence-corrected chi connectivity index (χ4v) is 4.71. The standard InChI is InChI=1S/C14H21NOS/c1-5-12-13(15-6-2)11-8-9(3)7-10(4)14(11)17(12)16/h7-8,12-13,15H,5-6H2,1-4H3. The molecule has 0 radical (unpaired) electrons. The van der Waals surface area contributed by atoms with Gasteiger partial charge in [-0.1, -0.05) is 31.5 Å². The second-order valence-corrected chi connectivity index (χ2v) is 6.39. The molecule has 1 aliphatic heterocycles. The van der Waals surface area contributed by atoms with E-state index in [9.17, 15) is 4.21 Å². The van der Waals surface area contributed by atoms with Crippen LogP contribution in [0.4, 0.5) is 0 Å². The Balaban J connectivity index is 2.55. The molecule has 0 fully saturated rings. The van der Waals surface area contributed by atoms with E-state index in [1.807, 2.05) is 0 Å². The van der Waals surface area contributed by atoms with Crippen LogP contribution in [0.2, 0.25) is 0 Å². The summed E-state index contributed by atoms with van der Waals surface area (Å²) < 4.78 is 12.5. The van der Waals surface area contributed by atoms with Gasteiger partial charge in [-0.05, 0) is 37.9 Å². The Morgan fingerprint density at radius 3 is 2.59 bits per heavy atom. The molecule has 0 bridgehead atoms. The van der Waals surface area contributed by atoms with Crippen LogP contribution in [0.1, 0.15) is 43.0 Å². The summed E-state index contributed by atoms with van der Waals surface area (Å²) in [5.41, 5.74) is 3.70. The smallest absolute Gasteiger partial charge is 0.0587 e. The molecule has 2 rings (SSSR count). The van der Waals surface area contributed by atoms with Crippen molar-refractivity contribution in [1.29, 1.82) is 0 Å². The third-order valence-electron chi connectivity index (χ3n) is 3.46. The Labute approximate surface area is 106 Å². The Kier molecular flexibility index (Phi) is 3.69. The summed E-state index contributed by atoms with van der Waals surface area (Å²) >= 11 is 0. The van der Waals surface area contributed by atoms with E-state index in [1.165, 1.54) is 16.7 Å². The molecule has 0 saturated heterocycles. The van der Waals surface area contributed by atoms with Gasteiger partial charge in [-0.15, -0.1) is 0 Å². The number of fused-ring (bicyclic) bond motifs is 1. The van der Waals surface area contributed by atoms with Crippen LogP contribution in [-0.2, 0) is 10.8 Å². The van der Waals surface area contributed by atoms with Crippen LogP contribution >= 0.6 is 0 Å². The van der Waals surface area contributed by atoms with Crippen molar-refractivity contribution < 1.29 is 4.21 Å². The second kappa shape index (κ2) is 4.91. The van der Waals surface area contributed by atoms with Gasteiger partial charge in [0, 0.05) is 10.9 Å². The van der Waals surface area contributed by atoms with E-state index in [-0.39, 0.29) is 11.3 Å². The summed E-state index contributed by atoms with van der Waals surface area (Å²) in [4.78, 5) is 1.08. The minimum absolute atomic E-state index is 0.227. The van der Waals surface area contributed by atoms with Gasteiger partial charge in [0.05, 0.1) is 16.0 Å². The van der Waals surface area contributed by atoms with E-state index in [0.29, 0.717) is 0 Å². The molecule has 1 aromatic carbocycles. The third-order valence-corrected chi connectivity index (χ3v) is 5.57. The van der Waals surface area contributed by atoms with Gasteiger partial charge in [-0.25, -0.2) is 0 Å². The van der Waals surface area contributed by atoms with Crippen LogP contribution < -0.4 is 5.32 Å². The first kappa shape index (κ1) is 12.8. The maximum absolute atomic E-state index is 12.5. The van der Waals surface area contributed by atoms with Gasteiger partial charge in [0.25, 0.3) is 0 Å². The Bertz CT molecular complexity index is 456. The van der Waals surface area contributed by atoms with Crippen LogP contribution in [0.5, 0.6) is 0 Å². The molecule has 0 spiro atoms. The van der Waals surface area contributed by atoms with Crippen LogP contribution in [0.15, 0.2) is 17.0 Å². The SMILES string of the molecule is CCNC1c2cc(C)cc(C)c2S(=O)C1CC. The zero-order chi connectivity index (χ0) is 12.6. The number of aryl methyl sites for hydroxylation is 2. The summed E-state index contributed by atoms with van der Waals surface area (Å²) in [6.45, 7) is 9.34. The average molecular weight is 251 g/mol. The van der Waals surface area contributed by atoms with E-state index in [2.05, 4.69) is 45.1 Å². The van der Waals surface area contributed by atoms with Gasteiger partial charge in [0.1, 0.15) is 0 Å². The summed E-state index contributed by atoms with van der Waals surface area (Å²) in [5.74, 6) is 0. The molecule has 3 heteroatoms. The normalized spacial score (nSPS) is 27.2. The first-order valence-corrected chi connectivity index (χ1v) is 7.56. The van der Waals surface area contributed by atoms with Crippen LogP contribution in [0.25, 0.3) is 0 Å². The highest BCUT2D eigenvalue weighted by Crippen LogP contribution is 2.40. The molecular formula is C14H21NOS. The molecule has 3 atom stereocenters. The van der Waals surface area contributed by atoms with Gasteiger partial charge in [-0.3, -0.25) is 4.21 Å². The van der Waals surface area contributed by atoms with Gasteiger partial charge in [0.15, 0.2) is 0 Å². The highest BCUT2D eigenvalue weighted by atomic mass is 32.2.